The molecule has 3 heterocycles. The van der Waals surface area contributed by atoms with E-state index in [0.717, 1.165) is 27.9 Å². The van der Waals surface area contributed by atoms with Gasteiger partial charge in [-0.1, -0.05) is 6.07 Å². The van der Waals surface area contributed by atoms with Crippen molar-refractivity contribution in [1.29, 1.82) is 0 Å². The number of anilines is 1. The summed E-state index contributed by atoms with van der Waals surface area (Å²) in [6.07, 6.45) is 3.30. The highest BCUT2D eigenvalue weighted by Gasteiger charge is 2.13. The first-order valence-corrected chi connectivity index (χ1v) is 8.94. The van der Waals surface area contributed by atoms with Gasteiger partial charge < -0.3 is 10.1 Å². The van der Waals surface area contributed by atoms with Gasteiger partial charge in [0.25, 0.3) is 5.91 Å². The molecule has 0 unspecified atom stereocenters. The lowest BCUT2D eigenvalue weighted by atomic mass is 10.1. The van der Waals surface area contributed by atoms with Crippen LogP contribution in [0.1, 0.15) is 24.3 Å². The number of H-pyrrole nitrogens is 1. The summed E-state index contributed by atoms with van der Waals surface area (Å²) >= 11 is 0. The van der Waals surface area contributed by atoms with E-state index in [1.165, 1.54) is 0 Å². The van der Waals surface area contributed by atoms with Crippen molar-refractivity contribution in [3.8, 4) is 17.0 Å². The standard InChI is InChI=1S/C21H19N5O2/c1-13(2)28-15-6-7-17-16(12-15)20(26-25-17)14-8-10-23-19(11-14)24-21(27)18-5-3-4-9-22-18/h3-13H,1-2H3,(H,25,26)(H,23,24,27). The lowest BCUT2D eigenvalue weighted by molar-refractivity contribution is 0.102. The second-order valence-corrected chi connectivity index (χ2v) is 6.55. The molecule has 0 spiro atoms. The summed E-state index contributed by atoms with van der Waals surface area (Å²) in [5.74, 6) is 0.895. The fourth-order valence-corrected chi connectivity index (χ4v) is 2.88. The number of rotatable bonds is 5. The molecule has 4 aromatic rings. The smallest absolute Gasteiger partial charge is 0.275 e. The molecule has 0 fully saturated rings. The minimum Gasteiger partial charge on any atom is -0.491 e. The molecule has 0 radical (unpaired) electrons. The number of amides is 1. The first kappa shape index (κ1) is 17.7. The van der Waals surface area contributed by atoms with Gasteiger partial charge in [0.15, 0.2) is 0 Å². The van der Waals surface area contributed by atoms with Crippen molar-refractivity contribution in [3.63, 3.8) is 0 Å². The van der Waals surface area contributed by atoms with Gasteiger partial charge in [-0.2, -0.15) is 5.10 Å². The molecule has 1 amide bonds. The first-order chi connectivity index (χ1) is 13.6. The number of benzene rings is 1. The third-order valence-electron chi connectivity index (χ3n) is 4.08. The van der Waals surface area contributed by atoms with Crippen LogP contribution in [0.15, 0.2) is 60.9 Å². The summed E-state index contributed by atoms with van der Waals surface area (Å²) in [5, 5.41) is 11.2. The summed E-state index contributed by atoms with van der Waals surface area (Å²) in [7, 11) is 0. The van der Waals surface area contributed by atoms with E-state index in [4.69, 9.17) is 4.74 Å². The van der Waals surface area contributed by atoms with Crippen LogP contribution in [0.4, 0.5) is 5.82 Å². The molecule has 7 heteroatoms. The van der Waals surface area contributed by atoms with E-state index >= 15 is 0 Å². The van der Waals surface area contributed by atoms with Crippen molar-refractivity contribution in [2.75, 3.05) is 5.32 Å². The lowest BCUT2D eigenvalue weighted by Gasteiger charge is -2.09. The Morgan fingerprint density at radius 2 is 1.96 bits per heavy atom. The highest BCUT2D eigenvalue weighted by Crippen LogP contribution is 2.30. The molecule has 0 aliphatic heterocycles. The number of nitrogens with one attached hydrogen (secondary N) is 2. The molecule has 140 valence electrons. The Bertz CT molecular complexity index is 1120. The zero-order valence-electron chi connectivity index (χ0n) is 15.5. The van der Waals surface area contributed by atoms with Crippen molar-refractivity contribution in [2.24, 2.45) is 0 Å². The molecule has 3 aromatic heterocycles. The summed E-state index contributed by atoms with van der Waals surface area (Å²) in [6, 6.07) is 14.6. The largest absolute Gasteiger partial charge is 0.491 e. The Hall–Kier alpha value is -3.74. The average molecular weight is 373 g/mol. The SMILES string of the molecule is CC(C)Oc1ccc2[nH]nc(-c3ccnc(NC(=O)c4ccccn4)c3)c2c1. The van der Waals surface area contributed by atoms with E-state index in [1.807, 2.05) is 38.1 Å². The third kappa shape index (κ3) is 3.68. The Balaban J connectivity index is 1.65. The fourth-order valence-electron chi connectivity index (χ4n) is 2.88. The Kier molecular flexibility index (Phi) is 4.72. The van der Waals surface area contributed by atoms with Crippen molar-refractivity contribution in [3.05, 3.63) is 66.6 Å². The van der Waals surface area contributed by atoms with E-state index in [1.54, 1.807) is 36.7 Å². The summed E-state index contributed by atoms with van der Waals surface area (Å²) < 4.78 is 5.79. The van der Waals surface area contributed by atoms with Gasteiger partial charge in [0.05, 0.1) is 11.6 Å². The van der Waals surface area contributed by atoms with Gasteiger partial charge in [-0.05, 0) is 56.3 Å². The molecule has 28 heavy (non-hydrogen) atoms. The number of pyridine rings is 2. The van der Waals surface area contributed by atoms with Crippen molar-refractivity contribution >= 4 is 22.6 Å². The van der Waals surface area contributed by atoms with Crippen LogP contribution in [0.5, 0.6) is 5.75 Å². The quantitative estimate of drug-likeness (QED) is 0.550. The summed E-state index contributed by atoms with van der Waals surface area (Å²) in [4.78, 5) is 20.6. The number of fused-ring (bicyclic) bond motifs is 1. The van der Waals surface area contributed by atoms with Gasteiger partial charge in [0.1, 0.15) is 23.0 Å². The van der Waals surface area contributed by atoms with E-state index in [9.17, 15) is 4.79 Å². The Labute approximate surface area is 161 Å². The van der Waals surface area contributed by atoms with E-state index in [-0.39, 0.29) is 12.0 Å². The fraction of sp³-hybridized carbons (Fsp3) is 0.143. The zero-order chi connectivity index (χ0) is 19.5. The number of aromatic nitrogens is 4. The molecule has 0 saturated heterocycles. The van der Waals surface area contributed by atoms with Crippen LogP contribution in [0, 0.1) is 0 Å². The number of hydrogen-bond acceptors (Lipinski definition) is 5. The van der Waals surface area contributed by atoms with Crippen molar-refractivity contribution in [2.45, 2.75) is 20.0 Å². The predicted molar refractivity (Wildman–Crippen MR) is 107 cm³/mol. The van der Waals surface area contributed by atoms with Gasteiger partial charge in [0, 0.05) is 23.3 Å². The number of carbonyl (C=O) groups is 1. The third-order valence-corrected chi connectivity index (χ3v) is 4.08. The Morgan fingerprint density at radius 1 is 1.07 bits per heavy atom. The zero-order valence-corrected chi connectivity index (χ0v) is 15.5. The molecule has 0 bridgehead atoms. The monoisotopic (exact) mass is 373 g/mol. The van der Waals surface area contributed by atoms with Crippen LogP contribution in [-0.4, -0.2) is 32.2 Å². The maximum Gasteiger partial charge on any atom is 0.275 e. The second kappa shape index (κ2) is 7.48. The molecule has 0 atom stereocenters. The molecule has 7 nitrogen and oxygen atoms in total. The highest BCUT2D eigenvalue weighted by atomic mass is 16.5. The second-order valence-electron chi connectivity index (χ2n) is 6.55. The molecule has 1 aromatic carbocycles. The Morgan fingerprint density at radius 3 is 2.75 bits per heavy atom. The molecular formula is C21H19N5O2. The van der Waals surface area contributed by atoms with Gasteiger partial charge >= 0.3 is 0 Å². The van der Waals surface area contributed by atoms with Crippen LogP contribution in [0.2, 0.25) is 0 Å². The number of carbonyl (C=O) groups excluding carboxylic acids is 1. The van der Waals surface area contributed by atoms with Gasteiger partial charge in [-0.3, -0.25) is 14.9 Å². The number of hydrogen-bond donors (Lipinski definition) is 2. The topological polar surface area (TPSA) is 92.8 Å². The lowest BCUT2D eigenvalue weighted by Crippen LogP contribution is -2.14. The van der Waals surface area contributed by atoms with Crippen LogP contribution in [-0.2, 0) is 0 Å². The summed E-state index contributed by atoms with van der Waals surface area (Å²) in [6.45, 7) is 3.97. The van der Waals surface area contributed by atoms with Crippen LogP contribution in [0.25, 0.3) is 22.2 Å². The van der Waals surface area contributed by atoms with Gasteiger partial charge in [0.2, 0.25) is 0 Å². The number of nitrogens with zero attached hydrogens (tertiary/aromatic N) is 3. The maximum absolute atomic E-state index is 12.3. The molecule has 2 N–H and O–H groups in total. The molecule has 0 saturated carbocycles. The van der Waals surface area contributed by atoms with Gasteiger partial charge in [-0.15, -0.1) is 0 Å². The minimum absolute atomic E-state index is 0.0853. The molecule has 0 aliphatic rings. The number of aromatic amines is 1. The van der Waals surface area contributed by atoms with Gasteiger partial charge in [-0.25, -0.2) is 4.98 Å². The van der Waals surface area contributed by atoms with E-state index in [2.05, 4.69) is 25.5 Å². The van der Waals surface area contributed by atoms with Crippen molar-refractivity contribution in [1.82, 2.24) is 20.2 Å². The molecular weight excluding hydrogens is 354 g/mol. The normalized spacial score (nSPS) is 11.0. The van der Waals surface area contributed by atoms with Crippen LogP contribution in [0.3, 0.4) is 0 Å². The van der Waals surface area contributed by atoms with Crippen LogP contribution < -0.4 is 10.1 Å². The van der Waals surface area contributed by atoms with E-state index in [0.29, 0.717) is 11.5 Å². The average Bonchev–Trinajstić information content (AvgIpc) is 3.11. The maximum atomic E-state index is 12.3. The summed E-state index contributed by atoms with van der Waals surface area (Å²) in [5.41, 5.74) is 2.83. The predicted octanol–water partition coefficient (Wildman–Crippen LogP) is 4.06. The number of ether oxygens (including phenoxy) is 1. The highest BCUT2D eigenvalue weighted by molar-refractivity contribution is 6.02. The van der Waals surface area contributed by atoms with Crippen molar-refractivity contribution < 1.29 is 9.53 Å². The molecule has 4 rings (SSSR count). The minimum atomic E-state index is -0.315. The molecule has 0 aliphatic carbocycles. The first-order valence-electron chi connectivity index (χ1n) is 8.94. The van der Waals surface area contributed by atoms with E-state index < -0.39 is 0 Å². The van der Waals surface area contributed by atoms with Crippen LogP contribution >= 0.6 is 0 Å².